The predicted molar refractivity (Wildman–Crippen MR) is 50.4 cm³/mol. The van der Waals surface area contributed by atoms with Crippen LogP contribution in [-0.4, -0.2) is 13.2 Å². The van der Waals surface area contributed by atoms with Crippen molar-refractivity contribution in [2.24, 2.45) is 0 Å². The summed E-state index contributed by atoms with van der Waals surface area (Å²) < 4.78 is 41.1. The highest BCUT2D eigenvalue weighted by Crippen LogP contribution is 2.21. The van der Waals surface area contributed by atoms with Gasteiger partial charge in [-0.2, -0.15) is 8.78 Å². The summed E-state index contributed by atoms with van der Waals surface area (Å²) in [6, 6.07) is 3.47. The molecule has 1 aromatic carbocycles. The molecule has 0 amide bonds. The Hall–Kier alpha value is -1.23. The SMILES string of the molecule is CCNCc1cc(F)ccc1OC(F)F. The van der Waals surface area contributed by atoms with Crippen LogP contribution in [0, 0.1) is 5.82 Å². The zero-order valence-electron chi connectivity index (χ0n) is 8.27. The van der Waals surface area contributed by atoms with Crippen molar-refractivity contribution in [3.05, 3.63) is 29.6 Å². The van der Waals surface area contributed by atoms with E-state index in [0.717, 1.165) is 6.07 Å². The largest absolute Gasteiger partial charge is 0.434 e. The quantitative estimate of drug-likeness (QED) is 0.821. The molecule has 2 nitrogen and oxygen atoms in total. The van der Waals surface area contributed by atoms with Gasteiger partial charge in [0, 0.05) is 12.1 Å². The molecule has 1 aromatic rings. The van der Waals surface area contributed by atoms with Gasteiger partial charge >= 0.3 is 6.61 Å². The molecule has 0 heterocycles. The lowest BCUT2D eigenvalue weighted by molar-refractivity contribution is -0.0505. The molecule has 0 unspecified atom stereocenters. The van der Waals surface area contributed by atoms with Crippen LogP contribution < -0.4 is 10.1 Å². The molecule has 0 atom stereocenters. The van der Waals surface area contributed by atoms with Gasteiger partial charge in [-0.05, 0) is 24.7 Å². The second-order valence-corrected chi connectivity index (χ2v) is 2.91. The molecule has 5 heteroatoms. The Morgan fingerprint density at radius 3 is 2.73 bits per heavy atom. The normalized spacial score (nSPS) is 10.7. The summed E-state index contributed by atoms with van der Waals surface area (Å²) in [4.78, 5) is 0. The van der Waals surface area contributed by atoms with E-state index >= 15 is 0 Å². The fourth-order valence-corrected chi connectivity index (χ4v) is 1.16. The molecule has 0 radical (unpaired) electrons. The first-order chi connectivity index (χ1) is 7.13. The van der Waals surface area contributed by atoms with Gasteiger partial charge in [-0.1, -0.05) is 6.92 Å². The average molecular weight is 219 g/mol. The molecule has 1 rings (SSSR count). The molecule has 0 aliphatic heterocycles. The summed E-state index contributed by atoms with van der Waals surface area (Å²) in [5, 5.41) is 2.91. The monoisotopic (exact) mass is 219 g/mol. The zero-order valence-corrected chi connectivity index (χ0v) is 8.27. The van der Waals surface area contributed by atoms with Gasteiger partial charge in [-0.15, -0.1) is 0 Å². The number of hydrogen-bond donors (Lipinski definition) is 1. The Balaban J connectivity index is 2.82. The van der Waals surface area contributed by atoms with E-state index in [-0.39, 0.29) is 5.75 Å². The lowest BCUT2D eigenvalue weighted by Gasteiger charge is -2.10. The van der Waals surface area contributed by atoms with Crippen LogP contribution in [0.3, 0.4) is 0 Å². The molecular formula is C10H12F3NO. The fourth-order valence-electron chi connectivity index (χ4n) is 1.16. The number of alkyl halides is 2. The van der Waals surface area contributed by atoms with Crippen molar-refractivity contribution in [2.45, 2.75) is 20.1 Å². The first-order valence-corrected chi connectivity index (χ1v) is 4.57. The summed E-state index contributed by atoms with van der Waals surface area (Å²) in [7, 11) is 0. The smallest absolute Gasteiger partial charge is 0.387 e. The minimum Gasteiger partial charge on any atom is -0.434 e. The van der Waals surface area contributed by atoms with E-state index in [1.54, 1.807) is 0 Å². The number of rotatable bonds is 5. The average Bonchev–Trinajstić information content (AvgIpc) is 2.18. The van der Waals surface area contributed by atoms with Crippen LogP contribution in [-0.2, 0) is 6.54 Å². The molecule has 0 bridgehead atoms. The van der Waals surface area contributed by atoms with Crippen LogP contribution in [0.4, 0.5) is 13.2 Å². The van der Waals surface area contributed by atoms with E-state index in [2.05, 4.69) is 10.1 Å². The highest BCUT2D eigenvalue weighted by molar-refractivity contribution is 5.33. The maximum atomic E-state index is 12.8. The van der Waals surface area contributed by atoms with E-state index in [1.807, 2.05) is 6.92 Å². The molecule has 1 N–H and O–H groups in total. The van der Waals surface area contributed by atoms with Gasteiger partial charge in [0.1, 0.15) is 11.6 Å². The minimum absolute atomic E-state index is 0.00681. The minimum atomic E-state index is -2.89. The Kier molecular flexibility index (Phi) is 4.42. The van der Waals surface area contributed by atoms with Crippen LogP contribution in [0.2, 0.25) is 0 Å². The fraction of sp³-hybridized carbons (Fsp3) is 0.400. The van der Waals surface area contributed by atoms with Crippen molar-refractivity contribution < 1.29 is 17.9 Å². The van der Waals surface area contributed by atoms with Crippen molar-refractivity contribution >= 4 is 0 Å². The van der Waals surface area contributed by atoms with Crippen LogP contribution >= 0.6 is 0 Å². The number of hydrogen-bond acceptors (Lipinski definition) is 2. The number of ether oxygens (including phenoxy) is 1. The predicted octanol–water partition coefficient (Wildman–Crippen LogP) is 2.54. The number of nitrogens with one attached hydrogen (secondary N) is 1. The Labute approximate surface area is 86.1 Å². The summed E-state index contributed by atoms with van der Waals surface area (Å²) in [6.07, 6.45) is 0. The van der Waals surface area contributed by atoms with Crippen LogP contribution in [0.15, 0.2) is 18.2 Å². The van der Waals surface area contributed by atoms with Gasteiger partial charge in [0.25, 0.3) is 0 Å². The summed E-state index contributed by atoms with van der Waals surface area (Å²) >= 11 is 0. The van der Waals surface area contributed by atoms with Crippen molar-refractivity contribution in [1.29, 1.82) is 0 Å². The molecule has 0 saturated carbocycles. The lowest BCUT2D eigenvalue weighted by Crippen LogP contribution is -2.14. The highest BCUT2D eigenvalue weighted by Gasteiger charge is 2.09. The van der Waals surface area contributed by atoms with Gasteiger partial charge < -0.3 is 10.1 Å². The summed E-state index contributed by atoms with van der Waals surface area (Å²) in [6.45, 7) is -0.0516. The van der Waals surface area contributed by atoms with Gasteiger partial charge in [0.05, 0.1) is 0 Å². The Morgan fingerprint density at radius 1 is 1.40 bits per heavy atom. The van der Waals surface area contributed by atoms with Gasteiger partial charge in [-0.3, -0.25) is 0 Å². The molecule has 0 aliphatic carbocycles. The van der Waals surface area contributed by atoms with Crippen molar-refractivity contribution in [1.82, 2.24) is 5.32 Å². The van der Waals surface area contributed by atoms with Crippen molar-refractivity contribution in [3.8, 4) is 5.75 Å². The second-order valence-electron chi connectivity index (χ2n) is 2.91. The second kappa shape index (κ2) is 5.60. The van der Waals surface area contributed by atoms with E-state index < -0.39 is 12.4 Å². The van der Waals surface area contributed by atoms with Crippen LogP contribution in [0.5, 0.6) is 5.75 Å². The van der Waals surface area contributed by atoms with Gasteiger partial charge in [-0.25, -0.2) is 4.39 Å². The molecular weight excluding hydrogens is 207 g/mol. The highest BCUT2D eigenvalue weighted by atomic mass is 19.3. The maximum absolute atomic E-state index is 12.8. The molecule has 0 fully saturated rings. The van der Waals surface area contributed by atoms with Crippen LogP contribution in [0.25, 0.3) is 0 Å². The molecule has 0 saturated heterocycles. The molecule has 84 valence electrons. The Morgan fingerprint density at radius 2 is 2.13 bits per heavy atom. The van der Waals surface area contributed by atoms with Crippen molar-refractivity contribution in [3.63, 3.8) is 0 Å². The third kappa shape index (κ3) is 3.79. The lowest BCUT2D eigenvalue weighted by atomic mass is 10.2. The molecule has 0 aromatic heterocycles. The topological polar surface area (TPSA) is 21.3 Å². The first kappa shape index (κ1) is 11.8. The van der Waals surface area contributed by atoms with E-state index in [0.29, 0.717) is 18.7 Å². The van der Waals surface area contributed by atoms with Crippen LogP contribution in [0.1, 0.15) is 12.5 Å². The van der Waals surface area contributed by atoms with Crippen molar-refractivity contribution in [2.75, 3.05) is 6.54 Å². The summed E-state index contributed by atoms with van der Waals surface area (Å²) in [5.41, 5.74) is 0.386. The molecule has 0 aliphatic rings. The van der Waals surface area contributed by atoms with Gasteiger partial charge in [0.2, 0.25) is 0 Å². The zero-order chi connectivity index (χ0) is 11.3. The molecule has 15 heavy (non-hydrogen) atoms. The molecule has 0 spiro atoms. The standard InChI is InChI=1S/C10H12F3NO/c1-2-14-6-7-5-8(11)3-4-9(7)15-10(12)13/h3-5,10,14H,2,6H2,1H3. The number of halogens is 3. The Bertz CT molecular complexity index is 318. The van der Waals surface area contributed by atoms with E-state index in [1.165, 1.54) is 12.1 Å². The van der Waals surface area contributed by atoms with E-state index in [9.17, 15) is 13.2 Å². The van der Waals surface area contributed by atoms with E-state index in [4.69, 9.17) is 0 Å². The summed E-state index contributed by atoms with van der Waals surface area (Å²) in [5.74, 6) is -0.461. The number of benzene rings is 1. The maximum Gasteiger partial charge on any atom is 0.387 e. The third-order valence-electron chi connectivity index (χ3n) is 1.80. The van der Waals surface area contributed by atoms with Gasteiger partial charge in [0.15, 0.2) is 0 Å². The third-order valence-corrected chi connectivity index (χ3v) is 1.80. The first-order valence-electron chi connectivity index (χ1n) is 4.57.